The first-order chi connectivity index (χ1) is 28.2. The highest BCUT2D eigenvalue weighted by atomic mass is 16.8. The first kappa shape index (κ1) is 45.1. The van der Waals surface area contributed by atoms with E-state index in [-0.39, 0.29) is 5.92 Å². The number of benzene rings is 3. The van der Waals surface area contributed by atoms with E-state index in [9.17, 15) is 50.8 Å². The van der Waals surface area contributed by atoms with Gasteiger partial charge in [0.25, 0.3) is 0 Å². The van der Waals surface area contributed by atoms with Gasteiger partial charge in [-0.1, -0.05) is 84.9 Å². The molecule has 3 aliphatic heterocycles. The number of aliphatic hydroxyl groups excluding tert-OH is 8. The summed E-state index contributed by atoms with van der Waals surface area (Å²) >= 11 is 0. The molecule has 15 nitrogen and oxygen atoms in total. The van der Waals surface area contributed by atoms with Crippen LogP contribution in [0, 0.1) is 5.92 Å². The van der Waals surface area contributed by atoms with Crippen molar-refractivity contribution in [2.75, 3.05) is 39.5 Å². The van der Waals surface area contributed by atoms with Crippen molar-refractivity contribution in [3.63, 3.8) is 0 Å². The second kappa shape index (κ2) is 19.1. The van der Waals surface area contributed by atoms with Crippen LogP contribution in [0.2, 0.25) is 0 Å². The third-order valence-corrected chi connectivity index (χ3v) is 12.4. The van der Waals surface area contributed by atoms with Crippen LogP contribution in [0.25, 0.3) is 0 Å². The van der Waals surface area contributed by atoms with Gasteiger partial charge in [0.2, 0.25) is 5.79 Å². The van der Waals surface area contributed by atoms with Crippen molar-refractivity contribution in [1.82, 2.24) is 4.90 Å². The van der Waals surface area contributed by atoms with Gasteiger partial charge in [-0.2, -0.15) is 0 Å². The highest BCUT2D eigenvalue weighted by molar-refractivity contribution is 5.82. The molecule has 1 unspecified atom stereocenters. The van der Waals surface area contributed by atoms with Crippen molar-refractivity contribution in [3.8, 4) is 0 Å². The Hall–Kier alpha value is -3.39. The first-order valence-electron chi connectivity index (χ1n) is 20.3. The lowest BCUT2D eigenvalue weighted by molar-refractivity contribution is -0.383. The fourth-order valence-electron chi connectivity index (χ4n) is 8.47. The number of carbonyl (C=O) groups is 1. The molecule has 0 bridgehead atoms. The number of aliphatic hydroxyl groups is 9. The zero-order chi connectivity index (χ0) is 42.5. The summed E-state index contributed by atoms with van der Waals surface area (Å²) in [5, 5.41) is 95.1. The van der Waals surface area contributed by atoms with Crippen molar-refractivity contribution in [2.24, 2.45) is 5.92 Å². The molecule has 0 aliphatic carbocycles. The topological polar surface area (TPSA) is 239 Å². The Bertz CT molecular complexity index is 1740. The largest absolute Gasteiger partial charge is 0.462 e. The van der Waals surface area contributed by atoms with Crippen LogP contribution in [0.1, 0.15) is 67.9 Å². The predicted octanol–water partition coefficient (Wildman–Crippen LogP) is 0.595. The van der Waals surface area contributed by atoms with E-state index < -0.39 is 97.7 Å². The van der Waals surface area contributed by atoms with E-state index in [4.69, 9.17) is 18.9 Å². The lowest BCUT2D eigenvalue weighted by atomic mass is 9.72. The van der Waals surface area contributed by atoms with Gasteiger partial charge in [0.15, 0.2) is 6.29 Å². The van der Waals surface area contributed by atoms with Gasteiger partial charge in [-0.15, -0.1) is 0 Å². The van der Waals surface area contributed by atoms with E-state index in [0.717, 1.165) is 50.0 Å². The fourth-order valence-corrected chi connectivity index (χ4v) is 8.47. The normalized spacial score (nSPS) is 30.3. The summed E-state index contributed by atoms with van der Waals surface area (Å²) in [4.78, 5) is 15.8. The lowest BCUT2D eigenvalue weighted by Gasteiger charge is -2.43. The van der Waals surface area contributed by atoms with Crippen molar-refractivity contribution >= 4 is 5.97 Å². The molecule has 0 radical (unpaired) electrons. The number of carbonyl (C=O) groups excluding carboxylic acids is 1. The molecule has 3 aromatic rings. The van der Waals surface area contributed by atoms with Crippen LogP contribution in [0.15, 0.2) is 84.9 Å². The summed E-state index contributed by atoms with van der Waals surface area (Å²) in [5.41, 5.74) is 0.793. The zero-order valence-corrected chi connectivity index (χ0v) is 33.4. The molecule has 324 valence electrons. The molecular weight excluding hydrogens is 766 g/mol. The lowest BCUT2D eigenvalue weighted by Crippen LogP contribution is -2.63. The van der Waals surface area contributed by atoms with Gasteiger partial charge in [0.1, 0.15) is 61.5 Å². The van der Waals surface area contributed by atoms with Gasteiger partial charge >= 0.3 is 5.97 Å². The van der Waals surface area contributed by atoms with Gasteiger partial charge in [-0.25, -0.2) is 0 Å². The molecule has 3 aromatic carbocycles. The van der Waals surface area contributed by atoms with Gasteiger partial charge in [0.05, 0.1) is 18.1 Å². The Morgan fingerprint density at radius 2 is 1.41 bits per heavy atom. The van der Waals surface area contributed by atoms with Gasteiger partial charge < -0.3 is 69.8 Å². The standard InChI is InChI=1S/C44H59NO14/c1-42(2,41(54)56-25-34-35(49)37(51)38(52)40(57-34)59-43(26-47)39(53)36(50)33(24-46)58-43)28-17-15-27(16-18-28)32(48)14-9-21-45-22-19-31(20-23-45)44(55,29-10-5-3-6-11-29)30-12-7-4-8-13-30/h3-8,10-13,15-18,31-40,46-53,55H,9,14,19-26H2,1-2H3/t32?,33-,34-,35-,36-,37+,38-,39+,40-,43+/m1/s1. The average Bonchev–Trinajstić information content (AvgIpc) is 3.51. The maximum atomic E-state index is 13.4. The van der Waals surface area contributed by atoms with E-state index in [0.29, 0.717) is 17.5 Å². The smallest absolute Gasteiger partial charge is 0.316 e. The van der Waals surface area contributed by atoms with Crippen LogP contribution in [0.4, 0.5) is 0 Å². The van der Waals surface area contributed by atoms with E-state index in [1.165, 1.54) is 0 Å². The molecule has 0 amide bonds. The van der Waals surface area contributed by atoms with Gasteiger partial charge in [-0.3, -0.25) is 4.79 Å². The summed E-state index contributed by atoms with van der Waals surface area (Å²) < 4.78 is 22.0. The summed E-state index contributed by atoms with van der Waals surface area (Å²) in [5.74, 6) is -2.99. The third-order valence-electron chi connectivity index (χ3n) is 12.4. The molecule has 3 aliphatic rings. The van der Waals surface area contributed by atoms with Crippen molar-refractivity contribution in [2.45, 2.75) is 111 Å². The summed E-state index contributed by atoms with van der Waals surface area (Å²) in [6.45, 7) is 3.42. The molecule has 0 saturated carbocycles. The van der Waals surface area contributed by atoms with Gasteiger partial charge in [-0.05, 0) is 87.3 Å². The maximum absolute atomic E-state index is 13.4. The Kier molecular flexibility index (Phi) is 14.6. The van der Waals surface area contributed by atoms with Crippen molar-refractivity contribution in [1.29, 1.82) is 0 Å². The van der Waals surface area contributed by atoms with Crippen LogP contribution in [0.3, 0.4) is 0 Å². The molecule has 3 fully saturated rings. The number of piperidine rings is 1. The minimum absolute atomic E-state index is 0.0572. The molecule has 0 aromatic heterocycles. The minimum atomic E-state index is -2.35. The maximum Gasteiger partial charge on any atom is 0.316 e. The Labute approximate surface area is 344 Å². The molecular formula is C44H59NO14. The van der Waals surface area contributed by atoms with Crippen LogP contribution < -0.4 is 0 Å². The Morgan fingerprint density at radius 3 is 1.95 bits per heavy atom. The summed E-state index contributed by atoms with van der Waals surface area (Å²) in [7, 11) is 0. The highest BCUT2D eigenvalue weighted by Gasteiger charge is 2.58. The number of esters is 1. The van der Waals surface area contributed by atoms with E-state index in [1.807, 2.05) is 60.7 Å². The Balaban J connectivity index is 0.980. The zero-order valence-electron chi connectivity index (χ0n) is 33.4. The monoisotopic (exact) mass is 825 g/mol. The van der Waals surface area contributed by atoms with Crippen LogP contribution in [-0.2, 0) is 34.8 Å². The Morgan fingerprint density at radius 1 is 0.814 bits per heavy atom. The molecule has 6 rings (SSSR count). The van der Waals surface area contributed by atoms with E-state index in [1.54, 1.807) is 38.1 Å². The molecule has 15 heteroatoms. The first-order valence-corrected chi connectivity index (χ1v) is 20.3. The second-order valence-corrected chi connectivity index (χ2v) is 16.5. The second-order valence-electron chi connectivity index (χ2n) is 16.5. The van der Waals surface area contributed by atoms with Crippen LogP contribution in [-0.4, -0.2) is 151 Å². The molecule has 0 spiro atoms. The third kappa shape index (κ3) is 9.43. The molecule has 10 atom stereocenters. The summed E-state index contributed by atoms with van der Waals surface area (Å²) in [6.07, 6.45) is -11.4. The molecule has 9 N–H and O–H groups in total. The van der Waals surface area contributed by atoms with Crippen LogP contribution >= 0.6 is 0 Å². The fraction of sp³-hybridized carbons (Fsp3) is 0.568. The van der Waals surface area contributed by atoms with E-state index >= 15 is 0 Å². The quantitative estimate of drug-likeness (QED) is 0.0900. The van der Waals surface area contributed by atoms with Crippen molar-refractivity contribution < 1.29 is 69.7 Å². The highest BCUT2D eigenvalue weighted by Crippen LogP contribution is 2.42. The van der Waals surface area contributed by atoms with Gasteiger partial charge in [0, 0.05) is 0 Å². The van der Waals surface area contributed by atoms with E-state index in [2.05, 4.69) is 4.90 Å². The number of ether oxygens (including phenoxy) is 4. The minimum Gasteiger partial charge on any atom is -0.462 e. The molecule has 59 heavy (non-hydrogen) atoms. The number of likely N-dealkylation sites (tertiary alicyclic amines) is 1. The van der Waals surface area contributed by atoms with Crippen molar-refractivity contribution in [3.05, 3.63) is 107 Å². The van der Waals surface area contributed by atoms with Crippen LogP contribution in [0.5, 0.6) is 0 Å². The number of hydrogen-bond acceptors (Lipinski definition) is 15. The summed E-state index contributed by atoms with van der Waals surface area (Å²) in [6, 6.07) is 26.7. The predicted molar refractivity (Wildman–Crippen MR) is 211 cm³/mol. The average molecular weight is 826 g/mol. The molecule has 3 saturated heterocycles. The SMILES string of the molecule is CC(C)(C(=O)OC[C@H]1O[C@H](O[C@]2(CO)O[C@H](CO)[C@@H](O)[C@@H]2O)[C@H](O)[C@@H](O)[C@@H]1O)c1ccc(C(O)CCCN2CCC(C(O)(c3ccccc3)c3ccccc3)CC2)cc1. The number of rotatable bonds is 16. The number of nitrogens with zero attached hydrogens (tertiary/aromatic N) is 1. The number of hydrogen-bond donors (Lipinski definition) is 9. The molecule has 3 heterocycles.